The van der Waals surface area contributed by atoms with Crippen LogP contribution in [0.4, 0.5) is 0 Å². The number of ether oxygens (including phenoxy) is 1. The summed E-state index contributed by atoms with van der Waals surface area (Å²) < 4.78 is 5.52. The van der Waals surface area contributed by atoms with Crippen molar-refractivity contribution in [1.82, 2.24) is 0 Å². The van der Waals surface area contributed by atoms with Crippen LogP contribution in [0, 0.1) is 0 Å². The van der Waals surface area contributed by atoms with Crippen LogP contribution in [0.3, 0.4) is 0 Å². The van der Waals surface area contributed by atoms with Gasteiger partial charge in [-0.05, 0) is 24.8 Å². The largest absolute Gasteiger partial charge is 0.396 e. The second-order valence-corrected chi connectivity index (χ2v) is 4.05. The van der Waals surface area contributed by atoms with Crippen molar-refractivity contribution in [3.63, 3.8) is 0 Å². The number of hydrogen-bond donors (Lipinski definition) is 1. The monoisotopic (exact) mass is 234 g/mol. The molecular weight excluding hydrogens is 212 g/mol. The topological polar surface area (TPSA) is 29.5 Å². The standard InChI is InChI=1S/C15H22O2/c16-12-8-3-1-2-4-9-13-17-14-15-10-6-5-7-11-15/h4-7,9-11,16H,1-3,8,12-14H2/b9-4+. The Morgan fingerprint density at radius 2 is 1.82 bits per heavy atom. The summed E-state index contributed by atoms with van der Waals surface area (Å²) in [5.41, 5.74) is 1.21. The Balaban J connectivity index is 1.95. The summed E-state index contributed by atoms with van der Waals surface area (Å²) in [5.74, 6) is 0. The third-order valence-electron chi connectivity index (χ3n) is 2.52. The molecule has 0 aliphatic rings. The third-order valence-corrected chi connectivity index (χ3v) is 2.52. The molecule has 0 aliphatic heterocycles. The number of allylic oxidation sites excluding steroid dienone is 1. The van der Waals surface area contributed by atoms with E-state index in [0.717, 1.165) is 25.7 Å². The van der Waals surface area contributed by atoms with Crippen LogP contribution in [-0.4, -0.2) is 18.3 Å². The molecule has 0 spiro atoms. The van der Waals surface area contributed by atoms with Gasteiger partial charge in [0.05, 0.1) is 13.2 Å². The van der Waals surface area contributed by atoms with E-state index >= 15 is 0 Å². The van der Waals surface area contributed by atoms with Gasteiger partial charge in [-0.3, -0.25) is 0 Å². The highest BCUT2D eigenvalue weighted by atomic mass is 16.5. The Morgan fingerprint density at radius 3 is 2.59 bits per heavy atom. The molecule has 1 N–H and O–H groups in total. The van der Waals surface area contributed by atoms with E-state index in [4.69, 9.17) is 9.84 Å². The molecule has 0 heterocycles. The van der Waals surface area contributed by atoms with Gasteiger partial charge in [0, 0.05) is 6.61 Å². The molecule has 0 saturated carbocycles. The molecule has 17 heavy (non-hydrogen) atoms. The predicted octanol–water partition coefficient (Wildman–Crippen LogP) is 3.31. The summed E-state index contributed by atoms with van der Waals surface area (Å²) >= 11 is 0. The van der Waals surface area contributed by atoms with Gasteiger partial charge in [0.15, 0.2) is 0 Å². The molecule has 0 fully saturated rings. The highest BCUT2D eigenvalue weighted by Crippen LogP contribution is 2.02. The lowest BCUT2D eigenvalue weighted by Gasteiger charge is -2.00. The maximum atomic E-state index is 8.61. The average Bonchev–Trinajstić information content (AvgIpc) is 2.38. The Kier molecular flexibility index (Phi) is 8.25. The molecule has 94 valence electrons. The van der Waals surface area contributed by atoms with Crippen LogP contribution in [0.5, 0.6) is 0 Å². The highest BCUT2D eigenvalue weighted by Gasteiger charge is 1.89. The van der Waals surface area contributed by atoms with E-state index in [2.05, 4.69) is 24.3 Å². The van der Waals surface area contributed by atoms with Crippen molar-refractivity contribution in [3.8, 4) is 0 Å². The van der Waals surface area contributed by atoms with Crippen molar-refractivity contribution in [2.45, 2.75) is 32.3 Å². The Labute approximate surface area is 104 Å². The number of rotatable bonds is 9. The minimum atomic E-state index is 0.309. The third kappa shape index (κ3) is 7.72. The molecule has 0 unspecified atom stereocenters. The smallest absolute Gasteiger partial charge is 0.0721 e. The second kappa shape index (κ2) is 10.1. The summed E-state index contributed by atoms with van der Waals surface area (Å²) in [5, 5.41) is 8.61. The molecule has 1 rings (SSSR count). The molecule has 0 bridgehead atoms. The average molecular weight is 234 g/mol. The minimum Gasteiger partial charge on any atom is -0.396 e. The van der Waals surface area contributed by atoms with Crippen LogP contribution in [0.15, 0.2) is 42.5 Å². The Hall–Kier alpha value is -1.12. The molecule has 0 aliphatic carbocycles. The zero-order valence-corrected chi connectivity index (χ0v) is 10.3. The van der Waals surface area contributed by atoms with Crippen molar-refractivity contribution in [1.29, 1.82) is 0 Å². The highest BCUT2D eigenvalue weighted by molar-refractivity contribution is 5.13. The molecule has 1 aromatic rings. The van der Waals surface area contributed by atoms with Crippen molar-refractivity contribution in [2.24, 2.45) is 0 Å². The van der Waals surface area contributed by atoms with Crippen molar-refractivity contribution >= 4 is 0 Å². The molecule has 0 amide bonds. The molecule has 0 radical (unpaired) electrons. The summed E-state index contributed by atoms with van der Waals surface area (Å²) in [6.07, 6.45) is 8.47. The van der Waals surface area contributed by atoms with E-state index in [1.54, 1.807) is 0 Å². The Bertz CT molecular complexity index is 293. The van der Waals surface area contributed by atoms with Gasteiger partial charge in [-0.25, -0.2) is 0 Å². The zero-order valence-electron chi connectivity index (χ0n) is 10.3. The van der Waals surface area contributed by atoms with E-state index in [1.807, 2.05) is 18.2 Å². The van der Waals surface area contributed by atoms with Gasteiger partial charge in [0.2, 0.25) is 0 Å². The fraction of sp³-hybridized carbons (Fsp3) is 0.467. The minimum absolute atomic E-state index is 0.309. The van der Waals surface area contributed by atoms with Gasteiger partial charge in [-0.2, -0.15) is 0 Å². The molecule has 0 atom stereocenters. The number of benzene rings is 1. The van der Waals surface area contributed by atoms with Gasteiger partial charge >= 0.3 is 0 Å². The second-order valence-electron chi connectivity index (χ2n) is 4.05. The SMILES string of the molecule is OCCCCC/C=C/COCc1ccccc1. The first-order chi connectivity index (χ1) is 8.43. The number of unbranched alkanes of at least 4 members (excludes halogenated alkanes) is 3. The van der Waals surface area contributed by atoms with Gasteiger partial charge < -0.3 is 9.84 Å². The van der Waals surface area contributed by atoms with Crippen LogP contribution >= 0.6 is 0 Å². The van der Waals surface area contributed by atoms with Crippen LogP contribution < -0.4 is 0 Å². The van der Waals surface area contributed by atoms with Gasteiger partial charge in [-0.1, -0.05) is 48.9 Å². The lowest BCUT2D eigenvalue weighted by molar-refractivity contribution is 0.148. The van der Waals surface area contributed by atoms with E-state index in [0.29, 0.717) is 19.8 Å². The van der Waals surface area contributed by atoms with Gasteiger partial charge in [0.1, 0.15) is 0 Å². The zero-order chi connectivity index (χ0) is 12.2. The summed E-state index contributed by atoms with van der Waals surface area (Å²) in [4.78, 5) is 0. The van der Waals surface area contributed by atoms with E-state index in [9.17, 15) is 0 Å². The molecule has 2 nitrogen and oxygen atoms in total. The molecule has 2 heteroatoms. The molecule has 0 aromatic heterocycles. The quantitative estimate of drug-likeness (QED) is 0.524. The van der Waals surface area contributed by atoms with Crippen molar-refractivity contribution < 1.29 is 9.84 Å². The molecule has 0 saturated heterocycles. The number of aliphatic hydroxyl groups excluding tert-OH is 1. The first-order valence-electron chi connectivity index (χ1n) is 6.31. The molecule has 1 aromatic carbocycles. The normalized spacial score (nSPS) is 11.1. The first kappa shape index (κ1) is 13.9. The van der Waals surface area contributed by atoms with Crippen molar-refractivity contribution in [3.05, 3.63) is 48.0 Å². The summed E-state index contributed by atoms with van der Waals surface area (Å²) in [6, 6.07) is 10.2. The lowest BCUT2D eigenvalue weighted by Crippen LogP contribution is -1.92. The molecular formula is C15H22O2. The van der Waals surface area contributed by atoms with Gasteiger partial charge in [0.25, 0.3) is 0 Å². The van der Waals surface area contributed by atoms with Crippen molar-refractivity contribution in [2.75, 3.05) is 13.2 Å². The van der Waals surface area contributed by atoms with Crippen LogP contribution in [0.2, 0.25) is 0 Å². The maximum absolute atomic E-state index is 8.61. The first-order valence-corrected chi connectivity index (χ1v) is 6.31. The maximum Gasteiger partial charge on any atom is 0.0721 e. The fourth-order valence-corrected chi connectivity index (χ4v) is 1.56. The van der Waals surface area contributed by atoms with Crippen LogP contribution in [0.25, 0.3) is 0 Å². The van der Waals surface area contributed by atoms with E-state index in [1.165, 1.54) is 5.56 Å². The summed E-state index contributed by atoms with van der Waals surface area (Å²) in [6.45, 7) is 1.66. The van der Waals surface area contributed by atoms with E-state index < -0.39 is 0 Å². The Morgan fingerprint density at radius 1 is 1.00 bits per heavy atom. The summed E-state index contributed by atoms with van der Waals surface area (Å²) in [7, 11) is 0. The lowest BCUT2D eigenvalue weighted by atomic mass is 10.2. The van der Waals surface area contributed by atoms with Crippen LogP contribution in [0.1, 0.15) is 31.2 Å². The fourth-order valence-electron chi connectivity index (χ4n) is 1.56. The predicted molar refractivity (Wildman–Crippen MR) is 70.8 cm³/mol. The van der Waals surface area contributed by atoms with Crippen LogP contribution in [-0.2, 0) is 11.3 Å². The van der Waals surface area contributed by atoms with Gasteiger partial charge in [-0.15, -0.1) is 0 Å². The number of hydrogen-bond acceptors (Lipinski definition) is 2. The van der Waals surface area contributed by atoms with E-state index in [-0.39, 0.29) is 0 Å². The number of aliphatic hydroxyl groups is 1.